The molecule has 0 bridgehead atoms. The summed E-state index contributed by atoms with van der Waals surface area (Å²) in [6.07, 6.45) is 4.27. The van der Waals surface area contributed by atoms with Crippen molar-refractivity contribution in [3.63, 3.8) is 0 Å². The number of ether oxygens (including phenoxy) is 1. The van der Waals surface area contributed by atoms with Gasteiger partial charge in [0.05, 0.1) is 6.61 Å². The number of rotatable bonds is 6. The number of aromatic nitrogens is 2. The molecule has 0 fully saturated rings. The second-order valence-corrected chi connectivity index (χ2v) is 3.97. The highest BCUT2D eigenvalue weighted by atomic mass is 35.5. The lowest BCUT2D eigenvalue weighted by Gasteiger charge is -2.29. The molecule has 1 atom stereocenters. The average Bonchev–Trinajstić information content (AvgIpc) is 2.31. The van der Waals surface area contributed by atoms with Crippen LogP contribution in [0.4, 0.5) is 5.82 Å². The molecule has 16 heavy (non-hydrogen) atoms. The molecule has 1 aromatic heterocycles. The largest absolute Gasteiger partial charge is 0.383 e. The molecule has 1 unspecified atom stereocenters. The van der Waals surface area contributed by atoms with Crippen molar-refractivity contribution in [3.05, 3.63) is 17.5 Å². The smallest absolute Gasteiger partial charge is 0.171 e. The molecule has 1 rings (SSSR count). The van der Waals surface area contributed by atoms with E-state index in [1.807, 2.05) is 0 Å². The lowest BCUT2D eigenvalue weighted by Crippen LogP contribution is -2.36. The minimum atomic E-state index is 0.365. The van der Waals surface area contributed by atoms with Gasteiger partial charge in [-0.2, -0.15) is 0 Å². The Bertz CT molecular complexity index is 322. The van der Waals surface area contributed by atoms with Crippen molar-refractivity contribution in [2.24, 2.45) is 0 Å². The Morgan fingerprint density at radius 1 is 1.44 bits per heavy atom. The first-order valence-electron chi connectivity index (χ1n) is 5.42. The topological polar surface area (TPSA) is 38.2 Å². The third kappa shape index (κ3) is 3.32. The summed E-state index contributed by atoms with van der Waals surface area (Å²) in [5.74, 6) is 0.732. The minimum absolute atomic E-state index is 0.365. The Morgan fingerprint density at radius 2 is 2.12 bits per heavy atom. The van der Waals surface area contributed by atoms with Gasteiger partial charge in [-0.25, -0.2) is 9.97 Å². The molecule has 1 aromatic rings. The molecule has 0 spiro atoms. The second kappa shape index (κ2) is 6.66. The summed E-state index contributed by atoms with van der Waals surface area (Å²) in [5, 5.41) is 0.443. The van der Waals surface area contributed by atoms with E-state index in [2.05, 4.69) is 28.7 Å². The maximum atomic E-state index is 6.04. The monoisotopic (exact) mass is 243 g/mol. The van der Waals surface area contributed by atoms with E-state index in [4.69, 9.17) is 16.3 Å². The molecular weight excluding hydrogens is 226 g/mol. The molecular formula is C11H18ClN3O. The van der Waals surface area contributed by atoms with Crippen LogP contribution in [-0.4, -0.2) is 36.3 Å². The van der Waals surface area contributed by atoms with Crippen LogP contribution < -0.4 is 4.90 Å². The Labute approximate surface area is 102 Å². The van der Waals surface area contributed by atoms with Gasteiger partial charge in [-0.05, 0) is 13.3 Å². The molecule has 0 N–H and O–H groups in total. The van der Waals surface area contributed by atoms with Crippen LogP contribution in [0.25, 0.3) is 0 Å². The van der Waals surface area contributed by atoms with E-state index in [9.17, 15) is 0 Å². The van der Waals surface area contributed by atoms with Gasteiger partial charge < -0.3 is 9.64 Å². The highest BCUT2D eigenvalue weighted by Crippen LogP contribution is 2.22. The fraction of sp³-hybridized carbons (Fsp3) is 0.636. The lowest BCUT2D eigenvalue weighted by molar-refractivity contribution is 0.203. The van der Waals surface area contributed by atoms with Crippen molar-refractivity contribution >= 4 is 17.4 Å². The zero-order valence-electron chi connectivity index (χ0n) is 9.98. The Balaban J connectivity index is 2.87. The predicted molar refractivity (Wildman–Crippen MR) is 66.0 cm³/mol. The van der Waals surface area contributed by atoms with Crippen LogP contribution >= 0.6 is 11.6 Å². The van der Waals surface area contributed by atoms with Crippen LogP contribution in [0.15, 0.2) is 12.4 Å². The quantitative estimate of drug-likeness (QED) is 0.769. The van der Waals surface area contributed by atoms with Gasteiger partial charge in [-0.1, -0.05) is 18.5 Å². The van der Waals surface area contributed by atoms with Gasteiger partial charge in [-0.15, -0.1) is 0 Å². The third-order valence-corrected chi connectivity index (χ3v) is 2.83. The van der Waals surface area contributed by atoms with Crippen molar-refractivity contribution in [3.8, 4) is 0 Å². The number of halogens is 1. The fourth-order valence-electron chi connectivity index (χ4n) is 1.45. The number of hydrogen-bond acceptors (Lipinski definition) is 4. The van der Waals surface area contributed by atoms with Gasteiger partial charge in [0.15, 0.2) is 11.0 Å². The molecule has 0 aliphatic heterocycles. The Kier molecular flexibility index (Phi) is 5.49. The van der Waals surface area contributed by atoms with Crippen LogP contribution in [0.3, 0.4) is 0 Å². The van der Waals surface area contributed by atoms with E-state index in [1.165, 1.54) is 0 Å². The number of nitrogens with zero attached hydrogens (tertiary/aromatic N) is 3. The SMILES string of the molecule is CCC(C)N(CCOC)c1nccnc1Cl. The van der Waals surface area contributed by atoms with Crippen molar-refractivity contribution in [2.45, 2.75) is 26.3 Å². The molecule has 4 nitrogen and oxygen atoms in total. The molecule has 5 heteroatoms. The number of methoxy groups -OCH3 is 1. The summed E-state index contributed by atoms with van der Waals surface area (Å²) in [5.41, 5.74) is 0. The molecule has 0 aromatic carbocycles. The summed E-state index contributed by atoms with van der Waals surface area (Å²) in [4.78, 5) is 10.4. The first-order chi connectivity index (χ1) is 7.70. The molecule has 90 valence electrons. The second-order valence-electron chi connectivity index (χ2n) is 3.61. The highest BCUT2D eigenvalue weighted by molar-refractivity contribution is 6.31. The summed E-state index contributed by atoms with van der Waals surface area (Å²) in [6, 6.07) is 0.365. The maximum Gasteiger partial charge on any atom is 0.171 e. The van der Waals surface area contributed by atoms with Gasteiger partial charge in [0.2, 0.25) is 0 Å². The lowest BCUT2D eigenvalue weighted by atomic mass is 10.2. The Morgan fingerprint density at radius 3 is 2.69 bits per heavy atom. The van der Waals surface area contributed by atoms with Gasteiger partial charge in [-0.3, -0.25) is 0 Å². The summed E-state index contributed by atoms with van der Waals surface area (Å²) < 4.78 is 5.10. The zero-order valence-corrected chi connectivity index (χ0v) is 10.7. The van der Waals surface area contributed by atoms with Crippen molar-refractivity contribution in [1.29, 1.82) is 0 Å². The van der Waals surface area contributed by atoms with Gasteiger partial charge in [0.1, 0.15) is 0 Å². The standard InChI is InChI=1S/C11H18ClN3O/c1-4-9(2)15(7-8-16-3)11-10(12)13-5-6-14-11/h5-6,9H,4,7-8H2,1-3H3. The normalized spacial score (nSPS) is 12.5. The maximum absolute atomic E-state index is 6.04. The van der Waals surface area contributed by atoms with Crippen LogP contribution in [0.2, 0.25) is 5.15 Å². The van der Waals surface area contributed by atoms with E-state index in [1.54, 1.807) is 19.5 Å². The van der Waals surface area contributed by atoms with Crippen LogP contribution in [0.5, 0.6) is 0 Å². The van der Waals surface area contributed by atoms with Crippen LogP contribution in [-0.2, 0) is 4.74 Å². The Hall–Kier alpha value is -0.870. The van der Waals surface area contributed by atoms with Crippen molar-refractivity contribution in [2.75, 3.05) is 25.2 Å². The van der Waals surface area contributed by atoms with E-state index in [0.29, 0.717) is 17.8 Å². The highest BCUT2D eigenvalue weighted by Gasteiger charge is 2.17. The molecule has 0 aliphatic rings. The van der Waals surface area contributed by atoms with E-state index in [-0.39, 0.29) is 0 Å². The fourth-order valence-corrected chi connectivity index (χ4v) is 1.67. The van der Waals surface area contributed by atoms with Crippen molar-refractivity contribution in [1.82, 2.24) is 9.97 Å². The average molecular weight is 244 g/mol. The van der Waals surface area contributed by atoms with Crippen LogP contribution in [0, 0.1) is 0 Å². The molecule has 0 amide bonds. The molecule has 0 saturated carbocycles. The molecule has 1 heterocycles. The summed E-state index contributed by atoms with van der Waals surface area (Å²) >= 11 is 6.04. The first-order valence-corrected chi connectivity index (χ1v) is 5.80. The van der Waals surface area contributed by atoms with E-state index >= 15 is 0 Å². The molecule has 0 saturated heterocycles. The number of anilines is 1. The summed E-state index contributed by atoms with van der Waals surface area (Å²) in [6.45, 7) is 5.69. The van der Waals surface area contributed by atoms with E-state index in [0.717, 1.165) is 18.8 Å². The van der Waals surface area contributed by atoms with Gasteiger partial charge in [0, 0.05) is 32.1 Å². The summed E-state index contributed by atoms with van der Waals surface area (Å²) in [7, 11) is 1.69. The first kappa shape index (κ1) is 13.2. The van der Waals surface area contributed by atoms with Crippen molar-refractivity contribution < 1.29 is 4.74 Å². The predicted octanol–water partition coefficient (Wildman–Crippen LogP) is 2.38. The molecule has 0 aliphatic carbocycles. The van der Waals surface area contributed by atoms with Gasteiger partial charge in [0.25, 0.3) is 0 Å². The zero-order chi connectivity index (χ0) is 12.0. The minimum Gasteiger partial charge on any atom is -0.383 e. The number of hydrogen-bond donors (Lipinski definition) is 0. The van der Waals surface area contributed by atoms with Gasteiger partial charge >= 0.3 is 0 Å². The van der Waals surface area contributed by atoms with Crippen LogP contribution in [0.1, 0.15) is 20.3 Å². The third-order valence-electron chi connectivity index (χ3n) is 2.57. The van der Waals surface area contributed by atoms with E-state index < -0.39 is 0 Å². The molecule has 0 radical (unpaired) electrons.